The molecule has 1 N–H and O–H groups in total. The molecular weight excluding hydrogens is 388 g/mol. The van der Waals surface area contributed by atoms with Crippen molar-refractivity contribution in [1.82, 2.24) is 0 Å². The maximum Gasteiger partial charge on any atom is 0.307 e. The summed E-state index contributed by atoms with van der Waals surface area (Å²) in [5.74, 6) is -1.30. The van der Waals surface area contributed by atoms with Crippen LogP contribution in [0.15, 0.2) is 30.3 Å². The van der Waals surface area contributed by atoms with Crippen molar-refractivity contribution in [1.29, 1.82) is 5.26 Å². The van der Waals surface area contributed by atoms with Gasteiger partial charge in [0.15, 0.2) is 11.9 Å². The Kier molecular flexibility index (Phi) is 7.11. The van der Waals surface area contributed by atoms with E-state index >= 15 is 0 Å². The number of hydrogen-bond acceptors (Lipinski definition) is 6. The Morgan fingerprint density at radius 3 is 2.59 bits per heavy atom. The zero-order valence-electron chi connectivity index (χ0n) is 14.7. The van der Waals surface area contributed by atoms with Crippen molar-refractivity contribution in [3.63, 3.8) is 0 Å². The Balaban J connectivity index is 1.83. The zero-order chi connectivity index (χ0) is 20.0. The van der Waals surface area contributed by atoms with Gasteiger partial charge in [-0.15, -0.1) is 11.3 Å². The van der Waals surface area contributed by atoms with Crippen LogP contribution in [0.5, 0.6) is 0 Å². The number of anilines is 1. The standard InChI is InChI=1S/C19H17ClN2O4S/c1-11-3-7-17(27-11)16(23)6-8-18(24)26-12(2)19(25)22-14-5-4-13(10-21)15(20)9-14/h3-5,7,9,12H,6,8H2,1-2H3,(H,22,25)/t12-/m0/s1. The summed E-state index contributed by atoms with van der Waals surface area (Å²) in [5, 5.41) is 11.6. The summed E-state index contributed by atoms with van der Waals surface area (Å²) in [6.45, 7) is 3.33. The largest absolute Gasteiger partial charge is 0.453 e. The van der Waals surface area contributed by atoms with E-state index in [-0.39, 0.29) is 23.6 Å². The van der Waals surface area contributed by atoms with Crippen LogP contribution >= 0.6 is 22.9 Å². The molecule has 0 aliphatic heterocycles. The van der Waals surface area contributed by atoms with E-state index < -0.39 is 18.0 Å². The number of ketones is 1. The van der Waals surface area contributed by atoms with Crippen molar-refractivity contribution in [3.8, 4) is 6.07 Å². The van der Waals surface area contributed by atoms with Crippen LogP contribution in [0.25, 0.3) is 0 Å². The minimum Gasteiger partial charge on any atom is -0.453 e. The van der Waals surface area contributed by atoms with Crippen molar-refractivity contribution in [2.75, 3.05) is 5.32 Å². The normalized spacial score (nSPS) is 11.3. The molecule has 0 unspecified atom stereocenters. The van der Waals surface area contributed by atoms with E-state index in [1.807, 2.05) is 19.1 Å². The second-order valence-electron chi connectivity index (χ2n) is 5.76. The number of nitriles is 1. The van der Waals surface area contributed by atoms with Gasteiger partial charge in [-0.1, -0.05) is 11.6 Å². The highest BCUT2D eigenvalue weighted by atomic mass is 35.5. The minimum absolute atomic E-state index is 0.0261. The lowest BCUT2D eigenvalue weighted by atomic mass is 10.2. The second-order valence-corrected chi connectivity index (χ2v) is 7.46. The van der Waals surface area contributed by atoms with Gasteiger partial charge >= 0.3 is 5.97 Å². The Bertz CT molecular complexity index is 917. The van der Waals surface area contributed by atoms with Crippen LogP contribution in [0.3, 0.4) is 0 Å². The van der Waals surface area contributed by atoms with E-state index in [1.54, 1.807) is 6.07 Å². The molecular formula is C19H17ClN2O4S. The van der Waals surface area contributed by atoms with Crippen molar-refractivity contribution < 1.29 is 19.1 Å². The topological polar surface area (TPSA) is 96.3 Å². The number of hydrogen-bond donors (Lipinski definition) is 1. The number of aryl methyl sites for hydroxylation is 1. The maximum atomic E-state index is 12.1. The van der Waals surface area contributed by atoms with E-state index in [0.717, 1.165) is 4.88 Å². The molecule has 2 rings (SSSR count). The molecule has 0 saturated heterocycles. The van der Waals surface area contributed by atoms with Gasteiger partial charge in [0, 0.05) is 17.0 Å². The van der Waals surface area contributed by atoms with Crippen LogP contribution < -0.4 is 5.32 Å². The number of rotatable bonds is 7. The van der Waals surface area contributed by atoms with Crippen LogP contribution in [-0.2, 0) is 14.3 Å². The second kappa shape index (κ2) is 9.31. The van der Waals surface area contributed by atoms with Gasteiger partial charge in [-0.2, -0.15) is 5.26 Å². The highest BCUT2D eigenvalue weighted by Gasteiger charge is 2.19. The average molecular weight is 405 g/mol. The smallest absolute Gasteiger partial charge is 0.307 e. The predicted molar refractivity (Wildman–Crippen MR) is 103 cm³/mol. The van der Waals surface area contributed by atoms with Crippen molar-refractivity contribution >= 4 is 46.3 Å². The number of esters is 1. The van der Waals surface area contributed by atoms with Crippen molar-refractivity contribution in [2.45, 2.75) is 32.8 Å². The molecule has 140 valence electrons. The first-order valence-electron chi connectivity index (χ1n) is 8.09. The molecule has 0 aliphatic rings. The predicted octanol–water partition coefficient (Wildman–Crippen LogP) is 4.11. The number of thiophene rings is 1. The molecule has 6 nitrogen and oxygen atoms in total. The first-order chi connectivity index (χ1) is 12.8. The molecule has 0 bridgehead atoms. The third-order valence-electron chi connectivity index (χ3n) is 3.61. The number of Topliss-reactive ketones (excluding diaryl/α,β-unsaturated/α-hetero) is 1. The number of halogens is 1. The fourth-order valence-electron chi connectivity index (χ4n) is 2.16. The van der Waals surface area contributed by atoms with E-state index in [1.165, 1.54) is 36.5 Å². The van der Waals surface area contributed by atoms with Crippen LogP contribution in [-0.4, -0.2) is 23.8 Å². The summed E-state index contributed by atoms with van der Waals surface area (Å²) in [6, 6.07) is 9.94. The van der Waals surface area contributed by atoms with Gasteiger partial charge in [0.05, 0.1) is 21.9 Å². The third-order valence-corrected chi connectivity index (χ3v) is 4.96. The van der Waals surface area contributed by atoms with Gasteiger partial charge in [-0.25, -0.2) is 0 Å². The number of nitrogens with one attached hydrogen (secondary N) is 1. The molecule has 2 aromatic rings. The van der Waals surface area contributed by atoms with E-state index in [4.69, 9.17) is 21.6 Å². The first-order valence-corrected chi connectivity index (χ1v) is 9.29. The zero-order valence-corrected chi connectivity index (χ0v) is 16.3. The number of amides is 1. The van der Waals surface area contributed by atoms with Crippen molar-refractivity contribution in [3.05, 3.63) is 50.7 Å². The SMILES string of the molecule is Cc1ccc(C(=O)CCC(=O)O[C@@H](C)C(=O)Nc2ccc(C#N)c(Cl)c2)s1. The Morgan fingerprint density at radius 2 is 2.00 bits per heavy atom. The fraction of sp³-hybridized carbons (Fsp3) is 0.263. The monoisotopic (exact) mass is 404 g/mol. The van der Waals surface area contributed by atoms with Crippen LogP contribution in [0.4, 0.5) is 5.69 Å². The van der Waals surface area contributed by atoms with E-state index in [9.17, 15) is 14.4 Å². The van der Waals surface area contributed by atoms with Gasteiger partial charge < -0.3 is 10.1 Å². The lowest BCUT2D eigenvalue weighted by Gasteiger charge is -2.13. The first kappa shape index (κ1) is 20.6. The lowest BCUT2D eigenvalue weighted by Crippen LogP contribution is -2.30. The molecule has 1 atom stereocenters. The summed E-state index contributed by atoms with van der Waals surface area (Å²) in [7, 11) is 0. The number of benzene rings is 1. The Morgan fingerprint density at radius 1 is 1.26 bits per heavy atom. The van der Waals surface area contributed by atoms with E-state index in [0.29, 0.717) is 16.1 Å². The molecule has 0 aliphatic carbocycles. The molecule has 27 heavy (non-hydrogen) atoms. The fourth-order valence-corrected chi connectivity index (χ4v) is 3.22. The number of nitrogens with zero attached hydrogens (tertiary/aromatic N) is 1. The molecule has 0 saturated carbocycles. The van der Waals surface area contributed by atoms with Gasteiger partial charge in [0.1, 0.15) is 6.07 Å². The maximum absolute atomic E-state index is 12.1. The van der Waals surface area contributed by atoms with Gasteiger partial charge in [-0.05, 0) is 44.2 Å². The Hall–Kier alpha value is -2.69. The highest BCUT2D eigenvalue weighted by Crippen LogP contribution is 2.21. The third kappa shape index (κ3) is 5.91. The van der Waals surface area contributed by atoms with Gasteiger partial charge in [0.2, 0.25) is 0 Å². The van der Waals surface area contributed by atoms with Gasteiger partial charge in [0.25, 0.3) is 5.91 Å². The molecule has 1 amide bonds. The molecule has 1 aromatic carbocycles. The van der Waals surface area contributed by atoms with Crippen LogP contribution in [0.1, 0.15) is 39.9 Å². The molecule has 1 heterocycles. The molecule has 1 aromatic heterocycles. The van der Waals surface area contributed by atoms with Crippen LogP contribution in [0.2, 0.25) is 5.02 Å². The molecule has 0 radical (unpaired) electrons. The minimum atomic E-state index is -1.04. The van der Waals surface area contributed by atoms with Gasteiger partial charge in [-0.3, -0.25) is 14.4 Å². The average Bonchev–Trinajstić information content (AvgIpc) is 3.06. The Labute approximate surface area is 165 Å². The molecule has 0 spiro atoms. The summed E-state index contributed by atoms with van der Waals surface area (Å²) in [6.07, 6.45) is -1.11. The van der Waals surface area contributed by atoms with Crippen molar-refractivity contribution in [2.24, 2.45) is 0 Å². The summed E-state index contributed by atoms with van der Waals surface area (Å²) in [4.78, 5) is 37.6. The molecule has 8 heteroatoms. The van der Waals surface area contributed by atoms with Crippen LogP contribution in [0, 0.1) is 18.3 Å². The molecule has 0 fully saturated rings. The van der Waals surface area contributed by atoms with E-state index in [2.05, 4.69) is 5.32 Å². The summed E-state index contributed by atoms with van der Waals surface area (Å²) >= 11 is 7.28. The number of carbonyl (C=O) groups excluding carboxylic acids is 3. The summed E-state index contributed by atoms with van der Waals surface area (Å²) < 4.78 is 5.07. The highest BCUT2D eigenvalue weighted by molar-refractivity contribution is 7.14. The lowest BCUT2D eigenvalue weighted by molar-refractivity contribution is -0.153. The number of ether oxygens (including phenoxy) is 1. The number of carbonyl (C=O) groups is 3. The quantitative estimate of drug-likeness (QED) is 0.553. The summed E-state index contributed by atoms with van der Waals surface area (Å²) in [5.41, 5.74) is 0.676.